The lowest BCUT2D eigenvalue weighted by molar-refractivity contribution is -0.145. The van der Waals surface area contributed by atoms with E-state index in [0.29, 0.717) is 48.7 Å². The summed E-state index contributed by atoms with van der Waals surface area (Å²) in [6.45, 7) is 2.96. The van der Waals surface area contributed by atoms with E-state index in [9.17, 15) is 28.8 Å². The number of imidazole rings is 4. The quantitative estimate of drug-likeness (QED) is 0.0269. The number of carboxylic acids is 1. The molecule has 24 heteroatoms. The molecule has 0 saturated carbocycles. The van der Waals surface area contributed by atoms with Gasteiger partial charge in [-0.25, -0.2) is 19.9 Å². The first-order valence-electron chi connectivity index (χ1n) is 37.2. The highest BCUT2D eigenvalue weighted by Gasteiger charge is 2.41. The summed E-state index contributed by atoms with van der Waals surface area (Å²) in [6.07, 6.45) is 14.4. The summed E-state index contributed by atoms with van der Waals surface area (Å²) < 4.78 is 12.1. The molecule has 3 amide bonds. The van der Waals surface area contributed by atoms with Gasteiger partial charge in [-0.05, 0) is 149 Å². The fourth-order valence-corrected chi connectivity index (χ4v) is 15.4. The van der Waals surface area contributed by atoms with Gasteiger partial charge in [-0.2, -0.15) is 0 Å². The molecule has 0 spiro atoms. The molecule has 8 heterocycles. The third-order valence-electron chi connectivity index (χ3n) is 20.5. The predicted molar refractivity (Wildman–Crippen MR) is 422 cm³/mol. The molecule has 3 unspecified atom stereocenters. The number of likely N-dealkylation sites (tertiary alicyclic amines) is 3. The van der Waals surface area contributed by atoms with Crippen molar-refractivity contribution in [2.75, 3.05) is 68.6 Å². The van der Waals surface area contributed by atoms with Crippen molar-refractivity contribution in [1.82, 2.24) is 69.0 Å². The Morgan fingerprint density at radius 3 is 1.14 bits per heavy atom. The van der Waals surface area contributed by atoms with E-state index in [4.69, 9.17) is 19.6 Å². The van der Waals surface area contributed by atoms with Gasteiger partial charge in [0.05, 0.1) is 99.2 Å². The number of carbonyl (C=O) groups is 6. The molecular weight excluding hydrogens is 1400 g/mol. The van der Waals surface area contributed by atoms with Gasteiger partial charge in [-0.15, -0.1) is 0 Å². The van der Waals surface area contributed by atoms with Crippen LogP contribution in [-0.2, 0) is 38.2 Å². The first-order valence-corrected chi connectivity index (χ1v) is 37.7. The van der Waals surface area contributed by atoms with Crippen molar-refractivity contribution >= 4 is 45.0 Å². The number of benzene rings is 6. The molecule has 0 bridgehead atoms. The lowest BCUT2D eigenvalue weighted by Gasteiger charge is -2.31. The monoisotopic (exact) mass is 1500 g/mol. The summed E-state index contributed by atoms with van der Waals surface area (Å²) in [5.41, 5.74) is 10.3. The molecule has 566 valence electrons. The molecule has 4 aliphatic heterocycles. The van der Waals surface area contributed by atoms with Crippen LogP contribution in [0.5, 0.6) is 0 Å². The maximum Gasteiger partial charge on any atom is 0.325 e. The molecule has 4 fully saturated rings. The highest BCUT2D eigenvalue weighted by Crippen LogP contribution is 2.39. The minimum atomic E-state index is -0.823. The first kappa shape index (κ1) is 78.0. The number of hydrogen-bond acceptors (Lipinski definition) is 15. The Hall–Kier alpha value is -11.6. The van der Waals surface area contributed by atoms with Crippen molar-refractivity contribution in [3.63, 3.8) is 0 Å². The predicted octanol–water partition coefficient (Wildman–Crippen LogP) is 12.7. The van der Waals surface area contributed by atoms with Gasteiger partial charge in [0.15, 0.2) is 0 Å². The first-order chi connectivity index (χ1) is 53.4. The van der Waals surface area contributed by atoms with E-state index < -0.39 is 35.8 Å². The number of methoxy groups -OCH3 is 2. The number of nitrogens with zero attached hydrogens (tertiary/aromatic N) is 10. The van der Waals surface area contributed by atoms with E-state index in [-0.39, 0.29) is 54.7 Å². The van der Waals surface area contributed by atoms with E-state index in [1.54, 1.807) is 31.4 Å². The standard InChI is InChI=1S/C43H45N7O4.C33H35N6O3P.C10H13NO2/c1-48(2)39(32-14-8-5-9-15-32)43(53)50-25-11-17-37(50)41-45-28-35(47-41)31-21-18-29(19-22-31)20-23-33-27-44-40(46-33)36-16-10-24-49(36)42(52)34(26-38(51)54-3)30-12-6-4-7-13-30;1-42-30(40)19-26(23-7-3-2-4-8-23)33(41)38-17-5-9-28(38)31-34-20-25(36-31)16-13-22-11-14-24(15-12-22)27-21-35-32(37-27)29-10-6-18-39(29)43;1-11(2)9(10(12)13)8-6-4-3-5-7-8/h4-9,12-15,18-19,21-22,27-28,34,36-37,39H,10-11,16-17,24-26H2,1-3H3,(H,44,46)(H,45,47);2-4,7-8,11-12,14-15,20-21,26,28-29H,5-6,9-10,17-19,43H2,1H3,(H,34,36)(H,35,37);3-7,9H,1-2H3,(H,12,13)/t34-,36?,37+,39-;26-,28?,29+;9-/m111/s1. The average Bonchev–Trinajstić information content (AvgIpc) is 1.66. The van der Waals surface area contributed by atoms with Gasteiger partial charge in [0.25, 0.3) is 0 Å². The number of hydrogen-bond donors (Lipinski definition) is 5. The lowest BCUT2D eigenvalue weighted by atomic mass is 9.94. The van der Waals surface area contributed by atoms with Crippen LogP contribution in [0.25, 0.3) is 22.5 Å². The maximum atomic E-state index is 13.9. The van der Waals surface area contributed by atoms with Gasteiger partial charge in [-0.3, -0.25) is 43.2 Å². The van der Waals surface area contributed by atoms with Crippen LogP contribution >= 0.6 is 9.39 Å². The minimum absolute atomic E-state index is 0.00517. The smallest absolute Gasteiger partial charge is 0.325 e. The third-order valence-corrected chi connectivity index (χ3v) is 21.2. The van der Waals surface area contributed by atoms with E-state index in [0.717, 1.165) is 119 Å². The van der Waals surface area contributed by atoms with E-state index >= 15 is 0 Å². The molecule has 0 radical (unpaired) electrons. The fraction of sp³-hybridized carbons (Fsp3) is 0.326. The Kier molecular flexibility index (Phi) is 26.2. The SMILES string of the molecule is CN(C)[C@@H](C(=O)O)c1ccccc1.COC(=O)C[C@@H](C(=O)N1CCCC1c1ncc(C#Cc2ccc(-c3cnc([C@@H]4CCCN4C(=O)[C@@H](c4ccccc4)N(C)C)[nH]3)cc2)[nH]1)c1ccccc1.COC(=O)C[C@@H](C(=O)N1CCCC1c1ncc(C#Cc2ccc(-c3cnc([C@@H]4CCCN4P)[nH]3)cc2)[nH]1)c1ccccc1. The Bertz CT molecular complexity index is 4890. The van der Waals surface area contributed by atoms with Crippen molar-refractivity contribution in [2.45, 2.75) is 112 Å². The van der Waals surface area contributed by atoms with E-state index in [2.05, 4.69) is 72.6 Å². The maximum absolute atomic E-state index is 13.9. The van der Waals surface area contributed by atoms with Gasteiger partial charge in [0, 0.05) is 37.3 Å². The number of aliphatic carboxylic acids is 1. The average molecular weight is 1500 g/mol. The summed E-state index contributed by atoms with van der Waals surface area (Å²) in [6, 6.07) is 52.8. The molecule has 110 heavy (non-hydrogen) atoms. The van der Waals surface area contributed by atoms with Crippen molar-refractivity contribution in [2.24, 2.45) is 0 Å². The third kappa shape index (κ3) is 19.1. The van der Waals surface area contributed by atoms with Crippen LogP contribution in [-0.4, -0.2) is 178 Å². The highest BCUT2D eigenvalue weighted by atomic mass is 31.0. The van der Waals surface area contributed by atoms with Gasteiger partial charge < -0.3 is 49.2 Å². The number of H-pyrrole nitrogens is 4. The molecule has 0 aliphatic carbocycles. The number of aromatic nitrogens is 8. The van der Waals surface area contributed by atoms with Crippen molar-refractivity contribution in [1.29, 1.82) is 0 Å². The largest absolute Gasteiger partial charge is 0.480 e. The number of rotatable bonds is 20. The number of ether oxygens (including phenoxy) is 2. The zero-order chi connectivity index (χ0) is 77.2. The molecule has 4 aromatic heterocycles. The molecule has 10 aromatic rings. The number of likely N-dealkylation sites (N-methyl/N-ethyl adjacent to an activating group) is 2. The number of esters is 2. The minimum Gasteiger partial charge on any atom is -0.480 e. The normalized spacial score (nSPS) is 17.8. The van der Waals surface area contributed by atoms with Crippen LogP contribution in [0.15, 0.2) is 195 Å². The van der Waals surface area contributed by atoms with Gasteiger partial charge in [0.2, 0.25) is 17.7 Å². The van der Waals surface area contributed by atoms with Gasteiger partial charge in [0.1, 0.15) is 46.8 Å². The van der Waals surface area contributed by atoms with Crippen LogP contribution in [0.1, 0.15) is 180 Å². The molecule has 6 aromatic carbocycles. The topological polar surface area (TPSA) is 275 Å². The Morgan fingerprint density at radius 1 is 0.436 bits per heavy atom. The molecular formula is C86H93N14O9P. The Balaban J connectivity index is 0.000000179. The number of carbonyl (C=O) groups excluding carboxylic acids is 5. The highest BCUT2D eigenvalue weighted by molar-refractivity contribution is 7.13. The summed E-state index contributed by atoms with van der Waals surface area (Å²) in [4.78, 5) is 118. The molecule has 4 aliphatic rings. The van der Waals surface area contributed by atoms with Crippen LogP contribution in [0.3, 0.4) is 0 Å². The summed E-state index contributed by atoms with van der Waals surface area (Å²) in [5, 5.41) is 8.96. The van der Waals surface area contributed by atoms with Gasteiger partial charge >= 0.3 is 17.9 Å². The molecule has 9 atom stereocenters. The number of amides is 3. The van der Waals surface area contributed by atoms with Crippen LogP contribution in [0, 0.1) is 23.7 Å². The summed E-state index contributed by atoms with van der Waals surface area (Å²) in [7, 11) is 12.9. The second-order valence-electron chi connectivity index (χ2n) is 28.2. The Morgan fingerprint density at radius 2 is 0.773 bits per heavy atom. The molecule has 5 N–H and O–H groups in total. The summed E-state index contributed by atoms with van der Waals surface area (Å²) in [5.74, 6) is 12.9. The Labute approximate surface area is 643 Å². The molecule has 23 nitrogen and oxygen atoms in total. The number of carboxylic acid groups (broad SMARTS) is 1. The zero-order valence-electron chi connectivity index (χ0n) is 62.8. The number of nitrogens with one attached hydrogen (secondary N) is 4. The fourth-order valence-electron chi connectivity index (χ4n) is 14.9. The van der Waals surface area contributed by atoms with Crippen LogP contribution < -0.4 is 0 Å². The van der Waals surface area contributed by atoms with E-state index in [1.807, 2.05) is 216 Å². The molecule has 14 rings (SSSR count). The summed E-state index contributed by atoms with van der Waals surface area (Å²) >= 11 is 0. The second-order valence-corrected chi connectivity index (χ2v) is 28.9. The zero-order valence-corrected chi connectivity index (χ0v) is 63.9. The number of aromatic amines is 4. The lowest BCUT2D eigenvalue weighted by Crippen LogP contribution is -2.40. The molecule has 4 saturated heterocycles. The second kappa shape index (κ2) is 37.0. The van der Waals surface area contributed by atoms with Crippen molar-refractivity contribution in [3.8, 4) is 46.2 Å². The van der Waals surface area contributed by atoms with Crippen molar-refractivity contribution < 1.29 is 43.3 Å². The van der Waals surface area contributed by atoms with Crippen LogP contribution in [0.2, 0.25) is 0 Å². The van der Waals surface area contributed by atoms with Crippen molar-refractivity contribution in [3.05, 3.63) is 263 Å². The van der Waals surface area contributed by atoms with E-state index in [1.165, 1.54) is 20.6 Å². The van der Waals surface area contributed by atoms with Crippen LogP contribution in [0.4, 0.5) is 0 Å². The van der Waals surface area contributed by atoms with Gasteiger partial charge in [-0.1, -0.05) is 167 Å².